The van der Waals surface area contributed by atoms with Gasteiger partial charge in [-0.2, -0.15) is 0 Å². The molecule has 2 heterocycles. The van der Waals surface area contributed by atoms with E-state index >= 15 is 0 Å². The van der Waals surface area contributed by atoms with E-state index in [2.05, 4.69) is 0 Å². The minimum Gasteiger partial charge on any atom is -0.386 e. The summed E-state index contributed by atoms with van der Waals surface area (Å²) < 4.78 is 28.2. The van der Waals surface area contributed by atoms with Crippen LogP contribution in [-0.2, 0) is 18.6 Å². The standard InChI is InChI=1S/C11H17N2O8P/c1-19-6-8-10(21-22(2,17)18)9(14)11(20-8)12-4-3-7(5-12)13(15)16/h3-5,8-11,14H,6H2,1-2H3,(H,17,18)/t8-,9+,10?,11-/m1/s1. The summed E-state index contributed by atoms with van der Waals surface area (Å²) >= 11 is 0. The Labute approximate surface area is 125 Å². The molecule has 0 bridgehead atoms. The molecule has 2 rings (SSSR count). The lowest BCUT2D eigenvalue weighted by molar-refractivity contribution is -0.384. The molecule has 0 saturated carbocycles. The van der Waals surface area contributed by atoms with Gasteiger partial charge in [-0.05, 0) is 0 Å². The molecular weight excluding hydrogens is 319 g/mol. The normalized spacial score (nSPS) is 31.1. The SMILES string of the molecule is COC[C@H]1O[C@@H](n2ccc([N+](=O)[O-])c2)[C@@H](O)C1OP(C)(=O)O. The van der Waals surface area contributed by atoms with Crippen molar-refractivity contribution < 1.29 is 33.5 Å². The third-order valence-corrected chi connectivity index (χ3v) is 3.80. The van der Waals surface area contributed by atoms with Crippen LogP contribution >= 0.6 is 7.60 Å². The molecule has 1 aromatic heterocycles. The van der Waals surface area contributed by atoms with Gasteiger partial charge < -0.3 is 24.0 Å². The molecule has 1 aromatic rings. The van der Waals surface area contributed by atoms with E-state index in [1.165, 1.54) is 30.1 Å². The van der Waals surface area contributed by atoms with Gasteiger partial charge in [0.25, 0.3) is 5.69 Å². The molecule has 0 amide bonds. The van der Waals surface area contributed by atoms with Crippen LogP contribution in [0.4, 0.5) is 5.69 Å². The maximum atomic E-state index is 11.4. The van der Waals surface area contributed by atoms with Gasteiger partial charge in [0, 0.05) is 26.0 Å². The molecule has 5 atom stereocenters. The quantitative estimate of drug-likeness (QED) is 0.436. The topological polar surface area (TPSA) is 133 Å². The van der Waals surface area contributed by atoms with Crippen LogP contribution in [0.2, 0.25) is 0 Å². The van der Waals surface area contributed by atoms with Gasteiger partial charge in [0.1, 0.15) is 18.3 Å². The Morgan fingerprint density at radius 3 is 2.77 bits per heavy atom. The molecule has 0 aromatic carbocycles. The molecule has 1 saturated heterocycles. The van der Waals surface area contributed by atoms with E-state index in [-0.39, 0.29) is 12.3 Å². The molecule has 0 radical (unpaired) electrons. The number of nitro groups is 1. The lowest BCUT2D eigenvalue weighted by atomic mass is 10.1. The highest BCUT2D eigenvalue weighted by Crippen LogP contribution is 2.44. The average Bonchev–Trinajstić information content (AvgIpc) is 2.97. The van der Waals surface area contributed by atoms with Crippen LogP contribution in [0.3, 0.4) is 0 Å². The van der Waals surface area contributed by atoms with Gasteiger partial charge in [-0.3, -0.25) is 19.2 Å². The minimum atomic E-state index is -3.85. The molecule has 0 spiro atoms. The zero-order chi connectivity index (χ0) is 16.5. The van der Waals surface area contributed by atoms with E-state index in [1.54, 1.807) is 0 Å². The van der Waals surface area contributed by atoms with Crippen molar-refractivity contribution in [3.05, 3.63) is 28.6 Å². The fourth-order valence-electron chi connectivity index (χ4n) is 2.29. The highest BCUT2D eigenvalue weighted by molar-refractivity contribution is 7.51. The molecule has 11 heteroatoms. The molecule has 22 heavy (non-hydrogen) atoms. The third-order valence-electron chi connectivity index (χ3n) is 3.16. The highest BCUT2D eigenvalue weighted by Gasteiger charge is 2.47. The van der Waals surface area contributed by atoms with Gasteiger partial charge in [0.15, 0.2) is 6.23 Å². The predicted molar refractivity (Wildman–Crippen MR) is 73.5 cm³/mol. The summed E-state index contributed by atoms with van der Waals surface area (Å²) in [5, 5.41) is 21.0. The second kappa shape index (κ2) is 6.45. The Morgan fingerprint density at radius 2 is 2.27 bits per heavy atom. The first-order valence-electron chi connectivity index (χ1n) is 6.36. The van der Waals surface area contributed by atoms with Gasteiger partial charge in [-0.25, -0.2) is 0 Å². The zero-order valence-electron chi connectivity index (χ0n) is 11.9. The summed E-state index contributed by atoms with van der Waals surface area (Å²) in [6.45, 7) is 1.03. The number of rotatable bonds is 6. The number of hydrogen-bond acceptors (Lipinski definition) is 7. The summed E-state index contributed by atoms with van der Waals surface area (Å²) in [6, 6.07) is 1.26. The van der Waals surface area contributed by atoms with Crippen molar-refractivity contribution in [2.45, 2.75) is 24.5 Å². The van der Waals surface area contributed by atoms with Crippen LogP contribution in [0.15, 0.2) is 18.5 Å². The molecule has 2 unspecified atom stereocenters. The molecule has 124 valence electrons. The van der Waals surface area contributed by atoms with E-state index < -0.39 is 37.1 Å². The Hall–Kier alpha value is -1.29. The summed E-state index contributed by atoms with van der Waals surface area (Å²) in [4.78, 5) is 19.5. The minimum absolute atomic E-state index is 0.0294. The number of aliphatic hydroxyl groups excluding tert-OH is 1. The van der Waals surface area contributed by atoms with Gasteiger partial charge in [0.05, 0.1) is 17.7 Å². The van der Waals surface area contributed by atoms with Crippen LogP contribution in [0, 0.1) is 10.1 Å². The summed E-state index contributed by atoms with van der Waals surface area (Å²) in [5.41, 5.74) is -0.160. The molecule has 1 fully saturated rings. The second-order valence-electron chi connectivity index (χ2n) is 4.96. The molecule has 1 aliphatic heterocycles. The summed E-state index contributed by atoms with van der Waals surface area (Å²) in [5.74, 6) is 0. The fraction of sp³-hybridized carbons (Fsp3) is 0.636. The van der Waals surface area contributed by atoms with Crippen molar-refractivity contribution in [3.8, 4) is 0 Å². The number of nitrogens with zero attached hydrogens (tertiary/aromatic N) is 2. The first kappa shape index (κ1) is 17.1. The predicted octanol–water partition coefficient (Wildman–Crippen LogP) is 0.501. The number of hydrogen-bond donors (Lipinski definition) is 2. The van der Waals surface area contributed by atoms with Crippen molar-refractivity contribution in [1.82, 2.24) is 4.57 Å². The van der Waals surface area contributed by atoms with Gasteiger partial charge in [0.2, 0.25) is 0 Å². The van der Waals surface area contributed by atoms with Crippen molar-refractivity contribution in [2.75, 3.05) is 20.4 Å². The summed E-state index contributed by atoms with van der Waals surface area (Å²) in [6.07, 6.45) is -1.56. The van der Waals surface area contributed by atoms with Gasteiger partial charge >= 0.3 is 7.60 Å². The van der Waals surface area contributed by atoms with E-state index in [9.17, 15) is 24.7 Å². The van der Waals surface area contributed by atoms with Crippen LogP contribution in [0.5, 0.6) is 0 Å². The lowest BCUT2D eigenvalue weighted by Crippen LogP contribution is -2.35. The monoisotopic (exact) mass is 336 g/mol. The van der Waals surface area contributed by atoms with Crippen molar-refractivity contribution in [3.63, 3.8) is 0 Å². The third kappa shape index (κ3) is 3.72. The number of methoxy groups -OCH3 is 1. The molecule has 1 aliphatic rings. The fourth-order valence-corrected chi connectivity index (χ4v) is 3.00. The lowest BCUT2D eigenvalue weighted by Gasteiger charge is -2.21. The van der Waals surface area contributed by atoms with E-state index in [0.717, 1.165) is 6.66 Å². The molecule has 0 aliphatic carbocycles. The Morgan fingerprint density at radius 1 is 1.59 bits per heavy atom. The first-order chi connectivity index (χ1) is 10.2. The van der Waals surface area contributed by atoms with Crippen LogP contribution in [-0.4, -0.2) is 58.2 Å². The summed E-state index contributed by atoms with van der Waals surface area (Å²) in [7, 11) is -2.45. The van der Waals surface area contributed by atoms with E-state index in [4.69, 9.17) is 14.0 Å². The second-order valence-corrected chi connectivity index (χ2v) is 6.77. The van der Waals surface area contributed by atoms with E-state index in [1.807, 2.05) is 0 Å². The smallest absolute Gasteiger partial charge is 0.325 e. The number of ether oxygens (including phenoxy) is 2. The van der Waals surface area contributed by atoms with E-state index in [0.29, 0.717) is 0 Å². The molecular formula is C11H17N2O8P. The molecule has 10 nitrogen and oxygen atoms in total. The Kier molecular flexibility index (Phi) is 5.00. The highest BCUT2D eigenvalue weighted by atomic mass is 31.2. The van der Waals surface area contributed by atoms with Gasteiger partial charge in [-0.15, -0.1) is 0 Å². The maximum Gasteiger partial charge on any atom is 0.325 e. The average molecular weight is 336 g/mol. The van der Waals surface area contributed by atoms with Crippen molar-refractivity contribution >= 4 is 13.3 Å². The Balaban J connectivity index is 2.22. The Bertz CT molecular complexity index is 584. The largest absolute Gasteiger partial charge is 0.386 e. The van der Waals surface area contributed by atoms with Crippen LogP contribution < -0.4 is 0 Å². The van der Waals surface area contributed by atoms with Crippen LogP contribution in [0.1, 0.15) is 6.23 Å². The number of aliphatic hydroxyl groups is 1. The number of aromatic nitrogens is 1. The van der Waals surface area contributed by atoms with Gasteiger partial charge in [-0.1, -0.05) is 0 Å². The maximum absolute atomic E-state index is 11.4. The van der Waals surface area contributed by atoms with Crippen molar-refractivity contribution in [2.24, 2.45) is 0 Å². The zero-order valence-corrected chi connectivity index (χ0v) is 12.8. The first-order valence-corrected chi connectivity index (χ1v) is 8.38. The van der Waals surface area contributed by atoms with Crippen molar-refractivity contribution in [1.29, 1.82) is 0 Å². The molecule has 2 N–H and O–H groups in total. The van der Waals surface area contributed by atoms with Crippen LogP contribution in [0.25, 0.3) is 0 Å².